The van der Waals surface area contributed by atoms with Crippen LogP contribution in [0.3, 0.4) is 0 Å². The van der Waals surface area contributed by atoms with Crippen LogP contribution in [0.25, 0.3) is 10.9 Å². The van der Waals surface area contributed by atoms with Crippen molar-refractivity contribution in [2.45, 2.75) is 26.2 Å². The van der Waals surface area contributed by atoms with Gasteiger partial charge >= 0.3 is 0 Å². The smallest absolute Gasteiger partial charge is 0.0736 e. The minimum atomic E-state index is 1.21. The first-order valence-electron chi connectivity index (χ1n) is 5.22. The van der Waals surface area contributed by atoms with Crippen molar-refractivity contribution >= 4 is 10.9 Å². The standard InChI is InChI=1S/C13H13N/c1-9-5-6-10-3-2-4-11-7-8-14-13(9)12(10)11/h5-8H,2-4H2,1H3. The predicted octanol–water partition coefficient (Wildman–Crippen LogP) is 3.03. The molecule has 0 spiro atoms. The van der Waals surface area contributed by atoms with E-state index in [4.69, 9.17) is 0 Å². The number of hydrogen-bond donors (Lipinski definition) is 0. The van der Waals surface area contributed by atoms with Crippen LogP contribution in [-0.2, 0) is 12.8 Å². The molecule has 0 unspecified atom stereocenters. The van der Waals surface area contributed by atoms with Crippen molar-refractivity contribution < 1.29 is 0 Å². The lowest BCUT2D eigenvalue weighted by molar-refractivity contribution is 0.806. The van der Waals surface area contributed by atoms with Gasteiger partial charge in [-0.15, -0.1) is 0 Å². The lowest BCUT2D eigenvalue weighted by atomic mass is 9.89. The van der Waals surface area contributed by atoms with Crippen molar-refractivity contribution in [3.63, 3.8) is 0 Å². The molecule has 1 aliphatic carbocycles. The number of aromatic nitrogens is 1. The van der Waals surface area contributed by atoms with Gasteiger partial charge in [-0.3, -0.25) is 4.98 Å². The second-order valence-corrected chi connectivity index (χ2v) is 4.09. The van der Waals surface area contributed by atoms with Crippen LogP contribution in [0.2, 0.25) is 0 Å². The Morgan fingerprint density at radius 3 is 2.71 bits per heavy atom. The molecule has 70 valence electrons. The maximum Gasteiger partial charge on any atom is 0.0736 e. The van der Waals surface area contributed by atoms with Gasteiger partial charge in [0, 0.05) is 11.6 Å². The van der Waals surface area contributed by atoms with E-state index in [0.717, 1.165) is 0 Å². The topological polar surface area (TPSA) is 12.9 Å². The molecule has 0 fully saturated rings. The average Bonchev–Trinajstić information content (AvgIpc) is 2.24. The number of hydrogen-bond acceptors (Lipinski definition) is 1. The molecule has 0 amide bonds. The van der Waals surface area contributed by atoms with Gasteiger partial charge in [-0.25, -0.2) is 0 Å². The van der Waals surface area contributed by atoms with E-state index in [0.29, 0.717) is 0 Å². The molecule has 1 aromatic carbocycles. The molecule has 1 heterocycles. The van der Waals surface area contributed by atoms with Gasteiger partial charge in [0.1, 0.15) is 0 Å². The van der Waals surface area contributed by atoms with Crippen molar-refractivity contribution in [1.29, 1.82) is 0 Å². The average molecular weight is 183 g/mol. The highest BCUT2D eigenvalue weighted by Gasteiger charge is 2.13. The Bertz CT molecular complexity index is 490. The number of nitrogens with zero attached hydrogens (tertiary/aromatic N) is 1. The summed E-state index contributed by atoms with van der Waals surface area (Å²) in [6.45, 7) is 2.14. The second-order valence-electron chi connectivity index (χ2n) is 4.09. The van der Waals surface area contributed by atoms with Gasteiger partial charge in [0.25, 0.3) is 0 Å². The molecule has 1 heteroatoms. The summed E-state index contributed by atoms with van der Waals surface area (Å²) < 4.78 is 0. The van der Waals surface area contributed by atoms with Crippen molar-refractivity contribution in [1.82, 2.24) is 4.98 Å². The molecule has 1 aromatic heterocycles. The van der Waals surface area contributed by atoms with Crippen LogP contribution in [0.5, 0.6) is 0 Å². The Hall–Kier alpha value is -1.37. The van der Waals surface area contributed by atoms with E-state index in [9.17, 15) is 0 Å². The zero-order valence-corrected chi connectivity index (χ0v) is 8.38. The van der Waals surface area contributed by atoms with Gasteiger partial charge in [-0.1, -0.05) is 12.1 Å². The summed E-state index contributed by atoms with van der Waals surface area (Å²) in [5.41, 5.74) is 5.48. The maximum absolute atomic E-state index is 4.48. The van der Waals surface area contributed by atoms with Crippen molar-refractivity contribution in [3.05, 3.63) is 41.1 Å². The van der Waals surface area contributed by atoms with E-state index >= 15 is 0 Å². The molecule has 14 heavy (non-hydrogen) atoms. The SMILES string of the molecule is Cc1ccc2c3c(ccnc13)CCC2. The van der Waals surface area contributed by atoms with Gasteiger partial charge in [0.2, 0.25) is 0 Å². The Kier molecular flexibility index (Phi) is 1.60. The van der Waals surface area contributed by atoms with Crippen LogP contribution in [0.4, 0.5) is 0 Å². The minimum Gasteiger partial charge on any atom is -0.256 e. The highest BCUT2D eigenvalue weighted by molar-refractivity contribution is 5.88. The van der Waals surface area contributed by atoms with Gasteiger partial charge in [-0.05, 0) is 48.9 Å². The van der Waals surface area contributed by atoms with Crippen LogP contribution in [-0.4, -0.2) is 4.98 Å². The molecule has 3 rings (SSSR count). The first kappa shape index (κ1) is 7.98. The molecule has 0 N–H and O–H groups in total. The summed E-state index contributed by atoms with van der Waals surface area (Å²) in [5.74, 6) is 0. The summed E-state index contributed by atoms with van der Waals surface area (Å²) in [6.07, 6.45) is 5.67. The fourth-order valence-corrected chi connectivity index (χ4v) is 2.43. The molecule has 1 aliphatic rings. The van der Waals surface area contributed by atoms with Gasteiger partial charge in [-0.2, -0.15) is 0 Å². The van der Waals surface area contributed by atoms with E-state index in [-0.39, 0.29) is 0 Å². The number of aryl methyl sites for hydroxylation is 3. The number of pyridine rings is 1. The fourth-order valence-electron chi connectivity index (χ4n) is 2.43. The highest BCUT2D eigenvalue weighted by Crippen LogP contribution is 2.29. The van der Waals surface area contributed by atoms with E-state index in [1.54, 1.807) is 0 Å². The molecule has 0 radical (unpaired) electrons. The van der Waals surface area contributed by atoms with E-state index < -0.39 is 0 Å². The summed E-state index contributed by atoms with van der Waals surface area (Å²) in [6, 6.07) is 6.63. The lowest BCUT2D eigenvalue weighted by Crippen LogP contribution is -2.02. The van der Waals surface area contributed by atoms with E-state index in [1.165, 1.54) is 46.9 Å². The molecular weight excluding hydrogens is 170 g/mol. The summed E-state index contributed by atoms with van der Waals surface area (Å²) in [4.78, 5) is 4.48. The zero-order chi connectivity index (χ0) is 9.54. The second kappa shape index (κ2) is 2.81. The Balaban J connectivity index is 2.51. The number of rotatable bonds is 0. The van der Waals surface area contributed by atoms with Crippen LogP contribution >= 0.6 is 0 Å². The summed E-state index contributed by atoms with van der Waals surface area (Å²) >= 11 is 0. The monoisotopic (exact) mass is 183 g/mol. The van der Waals surface area contributed by atoms with Crippen LogP contribution in [0.1, 0.15) is 23.1 Å². The van der Waals surface area contributed by atoms with Crippen molar-refractivity contribution in [2.24, 2.45) is 0 Å². The summed E-state index contributed by atoms with van der Waals surface area (Å²) in [7, 11) is 0. The lowest BCUT2D eigenvalue weighted by Gasteiger charge is -2.17. The van der Waals surface area contributed by atoms with Crippen LogP contribution < -0.4 is 0 Å². The van der Waals surface area contributed by atoms with Gasteiger partial charge in [0.15, 0.2) is 0 Å². The van der Waals surface area contributed by atoms with Crippen molar-refractivity contribution in [2.75, 3.05) is 0 Å². The van der Waals surface area contributed by atoms with Gasteiger partial charge in [0.05, 0.1) is 5.52 Å². The Morgan fingerprint density at radius 1 is 1.07 bits per heavy atom. The third-order valence-corrected chi connectivity index (χ3v) is 3.16. The Morgan fingerprint density at radius 2 is 1.86 bits per heavy atom. The van der Waals surface area contributed by atoms with E-state index in [2.05, 4.69) is 30.1 Å². The molecular formula is C13H13N. The molecule has 0 saturated heterocycles. The zero-order valence-electron chi connectivity index (χ0n) is 8.38. The maximum atomic E-state index is 4.48. The number of benzene rings is 1. The molecule has 2 aromatic rings. The third-order valence-electron chi connectivity index (χ3n) is 3.16. The molecule has 0 saturated carbocycles. The van der Waals surface area contributed by atoms with Crippen LogP contribution in [0.15, 0.2) is 24.4 Å². The largest absolute Gasteiger partial charge is 0.256 e. The third kappa shape index (κ3) is 0.985. The molecule has 0 bridgehead atoms. The van der Waals surface area contributed by atoms with Gasteiger partial charge < -0.3 is 0 Å². The minimum absolute atomic E-state index is 1.21. The summed E-state index contributed by atoms with van der Waals surface area (Å²) in [5, 5.41) is 1.43. The predicted molar refractivity (Wildman–Crippen MR) is 58.5 cm³/mol. The Labute approximate surface area is 83.8 Å². The highest BCUT2D eigenvalue weighted by atomic mass is 14.7. The molecule has 0 atom stereocenters. The quantitative estimate of drug-likeness (QED) is 0.611. The fraction of sp³-hybridized carbons (Fsp3) is 0.308. The molecule has 1 nitrogen and oxygen atoms in total. The molecule has 0 aliphatic heterocycles. The normalized spacial score (nSPS) is 14.6. The first-order valence-corrected chi connectivity index (χ1v) is 5.22. The van der Waals surface area contributed by atoms with Crippen LogP contribution in [0, 0.1) is 6.92 Å². The van der Waals surface area contributed by atoms with E-state index in [1.807, 2.05) is 6.20 Å². The van der Waals surface area contributed by atoms with Crippen molar-refractivity contribution in [3.8, 4) is 0 Å². The first-order chi connectivity index (χ1) is 6.86.